The van der Waals surface area contributed by atoms with E-state index in [-0.39, 0.29) is 23.1 Å². The summed E-state index contributed by atoms with van der Waals surface area (Å²) in [5, 5.41) is 9.76. The summed E-state index contributed by atoms with van der Waals surface area (Å²) in [6.07, 6.45) is 5.19. The minimum Gasteiger partial charge on any atom is -0.465 e. The molecule has 8 nitrogen and oxygen atoms in total. The van der Waals surface area contributed by atoms with Crippen molar-refractivity contribution in [2.24, 2.45) is 0 Å². The van der Waals surface area contributed by atoms with Crippen molar-refractivity contribution >= 4 is 27.6 Å². The Kier molecular flexibility index (Phi) is 6.21. The number of fused-ring (bicyclic) bond motifs is 2. The Labute approximate surface area is 217 Å². The second-order valence-electron chi connectivity index (χ2n) is 9.34. The molecule has 1 fully saturated rings. The number of aryl methyl sites for hydroxylation is 1. The van der Waals surface area contributed by atoms with Crippen LogP contribution in [0.5, 0.6) is 11.6 Å². The first kappa shape index (κ1) is 24.0. The summed E-state index contributed by atoms with van der Waals surface area (Å²) >= 11 is 0. The third-order valence-electron chi connectivity index (χ3n) is 6.91. The summed E-state index contributed by atoms with van der Waals surface area (Å²) in [6.45, 7) is 3.24. The summed E-state index contributed by atoms with van der Waals surface area (Å²) in [5.41, 5.74) is 4.66. The molecule has 0 amide bonds. The van der Waals surface area contributed by atoms with Gasteiger partial charge in [0.25, 0.3) is 0 Å². The van der Waals surface area contributed by atoms with Gasteiger partial charge in [0, 0.05) is 47.4 Å². The van der Waals surface area contributed by atoms with Crippen molar-refractivity contribution in [3.05, 3.63) is 77.6 Å². The van der Waals surface area contributed by atoms with Crippen molar-refractivity contribution in [2.45, 2.75) is 25.7 Å². The molecule has 0 saturated carbocycles. The van der Waals surface area contributed by atoms with Crippen LogP contribution in [0.4, 0.5) is 4.39 Å². The number of nitrogens with one attached hydrogen (secondary N) is 1. The minimum absolute atomic E-state index is 0.0402. The Morgan fingerprint density at radius 3 is 2.71 bits per heavy atom. The van der Waals surface area contributed by atoms with Gasteiger partial charge in [-0.05, 0) is 73.2 Å². The first-order valence-electron chi connectivity index (χ1n) is 12.4. The Balaban J connectivity index is 1.60. The van der Waals surface area contributed by atoms with Crippen LogP contribution in [0.3, 0.4) is 0 Å². The predicted molar refractivity (Wildman–Crippen MR) is 140 cm³/mol. The Bertz CT molecular complexity index is 1680. The lowest BCUT2D eigenvalue weighted by atomic mass is 9.87. The van der Waals surface area contributed by atoms with Crippen LogP contribution in [0.1, 0.15) is 40.5 Å². The number of ether oxygens (including phenoxy) is 3. The second kappa shape index (κ2) is 9.83. The average molecular weight is 513 g/mol. The van der Waals surface area contributed by atoms with E-state index in [0.29, 0.717) is 18.6 Å². The topological polar surface area (TPSA) is 99.2 Å². The SMILES string of the molecule is COC(=O)c1ccc(Oc2nc(C3CCOCC3)c(-c3ccnc(C)c3)c3cc4cn[nH]c4cc23)c(F)c1. The summed E-state index contributed by atoms with van der Waals surface area (Å²) in [4.78, 5) is 21.3. The average Bonchev–Trinajstić information content (AvgIpc) is 3.40. The van der Waals surface area contributed by atoms with Gasteiger partial charge in [0.05, 0.1) is 30.1 Å². The fraction of sp³-hybridized carbons (Fsp3) is 0.241. The lowest BCUT2D eigenvalue weighted by Gasteiger charge is -2.26. The maximum Gasteiger partial charge on any atom is 0.337 e. The number of pyridine rings is 2. The molecule has 0 atom stereocenters. The van der Waals surface area contributed by atoms with Gasteiger partial charge in [-0.2, -0.15) is 5.10 Å². The number of H-pyrrole nitrogens is 1. The molecule has 9 heteroatoms. The van der Waals surface area contributed by atoms with Crippen molar-refractivity contribution in [2.75, 3.05) is 20.3 Å². The first-order valence-corrected chi connectivity index (χ1v) is 12.4. The summed E-state index contributed by atoms with van der Waals surface area (Å²) < 4.78 is 31.6. The normalized spacial score (nSPS) is 14.2. The molecule has 1 aliphatic heterocycles. The Hall–Kier alpha value is -4.37. The fourth-order valence-corrected chi connectivity index (χ4v) is 5.02. The lowest BCUT2D eigenvalue weighted by molar-refractivity contribution is 0.0600. The largest absolute Gasteiger partial charge is 0.465 e. The van der Waals surface area contributed by atoms with E-state index in [1.165, 1.54) is 19.2 Å². The maximum absolute atomic E-state index is 15.1. The van der Waals surface area contributed by atoms with Gasteiger partial charge in [-0.1, -0.05) is 0 Å². The van der Waals surface area contributed by atoms with Crippen LogP contribution < -0.4 is 4.74 Å². The molecule has 4 heterocycles. The highest BCUT2D eigenvalue weighted by molar-refractivity contribution is 6.06. The summed E-state index contributed by atoms with van der Waals surface area (Å²) in [7, 11) is 1.25. The zero-order chi connectivity index (χ0) is 26.2. The van der Waals surface area contributed by atoms with Gasteiger partial charge in [-0.3, -0.25) is 10.1 Å². The summed E-state index contributed by atoms with van der Waals surface area (Å²) in [5.74, 6) is -0.948. The zero-order valence-electron chi connectivity index (χ0n) is 21.0. The number of hydrogen-bond acceptors (Lipinski definition) is 7. The maximum atomic E-state index is 15.1. The number of hydrogen-bond donors (Lipinski definition) is 1. The molecule has 1 aliphatic rings. The van der Waals surface area contributed by atoms with Crippen LogP contribution in [0.2, 0.25) is 0 Å². The van der Waals surface area contributed by atoms with Crippen LogP contribution in [-0.4, -0.2) is 46.5 Å². The molecular formula is C29H25FN4O4. The lowest BCUT2D eigenvalue weighted by Crippen LogP contribution is -2.16. The van der Waals surface area contributed by atoms with Gasteiger partial charge in [0.15, 0.2) is 11.6 Å². The summed E-state index contributed by atoms with van der Waals surface area (Å²) in [6, 6.07) is 12.0. The third kappa shape index (κ3) is 4.35. The molecule has 0 bridgehead atoms. The molecule has 5 aromatic rings. The van der Waals surface area contributed by atoms with E-state index >= 15 is 4.39 Å². The van der Waals surface area contributed by atoms with Crippen LogP contribution in [-0.2, 0) is 9.47 Å². The molecule has 1 saturated heterocycles. The third-order valence-corrected chi connectivity index (χ3v) is 6.91. The van der Waals surface area contributed by atoms with E-state index in [1.807, 2.05) is 25.1 Å². The standard InChI is InChI=1S/C29H25FN4O4/c1-16-11-18(5-8-31-16)26-21-12-20-15-32-34-24(20)14-22(21)28(33-27(26)17-6-9-37-10-7-17)38-25-4-3-19(13-23(25)30)29(35)36-2/h3-5,8,11-15,17H,6-7,9-10H2,1-2H3,(H,32,34). The van der Waals surface area contributed by atoms with Crippen molar-refractivity contribution in [3.8, 4) is 22.8 Å². The van der Waals surface area contributed by atoms with E-state index < -0.39 is 11.8 Å². The Morgan fingerprint density at radius 2 is 1.95 bits per heavy atom. The number of aromatic nitrogens is 4. The van der Waals surface area contributed by atoms with Gasteiger partial charge in [0.2, 0.25) is 5.88 Å². The molecule has 38 heavy (non-hydrogen) atoms. The van der Waals surface area contributed by atoms with Crippen molar-refractivity contribution in [1.29, 1.82) is 0 Å². The zero-order valence-corrected chi connectivity index (χ0v) is 21.0. The van der Waals surface area contributed by atoms with Crippen molar-refractivity contribution in [3.63, 3.8) is 0 Å². The monoisotopic (exact) mass is 512 g/mol. The quantitative estimate of drug-likeness (QED) is 0.284. The number of carbonyl (C=O) groups is 1. The van der Waals surface area contributed by atoms with Gasteiger partial charge >= 0.3 is 5.97 Å². The van der Waals surface area contributed by atoms with Gasteiger partial charge < -0.3 is 14.2 Å². The number of methoxy groups -OCH3 is 1. The highest BCUT2D eigenvalue weighted by atomic mass is 19.1. The first-order chi connectivity index (χ1) is 18.5. The fourth-order valence-electron chi connectivity index (χ4n) is 5.02. The number of esters is 1. The molecule has 0 radical (unpaired) electrons. The molecule has 2 aromatic carbocycles. The van der Waals surface area contributed by atoms with E-state index in [9.17, 15) is 4.79 Å². The molecule has 0 aliphatic carbocycles. The number of benzene rings is 2. The number of carbonyl (C=O) groups excluding carboxylic acids is 1. The van der Waals surface area contributed by atoms with Gasteiger partial charge in [-0.15, -0.1) is 0 Å². The van der Waals surface area contributed by atoms with Crippen LogP contribution in [0.15, 0.2) is 54.9 Å². The molecule has 3 aromatic heterocycles. The Morgan fingerprint density at radius 1 is 1.11 bits per heavy atom. The molecular weight excluding hydrogens is 487 g/mol. The van der Waals surface area contributed by atoms with Gasteiger partial charge in [0.1, 0.15) is 0 Å². The van der Waals surface area contributed by atoms with E-state index in [4.69, 9.17) is 19.2 Å². The van der Waals surface area contributed by atoms with Gasteiger partial charge in [-0.25, -0.2) is 14.2 Å². The van der Waals surface area contributed by atoms with Crippen molar-refractivity contribution < 1.29 is 23.4 Å². The number of aromatic amines is 1. The minimum atomic E-state index is -0.688. The van der Waals surface area contributed by atoms with Crippen LogP contribution in [0, 0.1) is 12.7 Å². The predicted octanol–water partition coefficient (Wildman–Crippen LogP) is 6.09. The van der Waals surface area contributed by atoms with Crippen LogP contribution >= 0.6 is 0 Å². The molecule has 192 valence electrons. The number of halogens is 1. The van der Waals surface area contributed by atoms with Crippen molar-refractivity contribution in [1.82, 2.24) is 20.2 Å². The molecule has 0 unspecified atom stereocenters. The highest BCUT2D eigenvalue weighted by Crippen LogP contribution is 2.43. The second-order valence-corrected chi connectivity index (χ2v) is 9.34. The van der Waals surface area contributed by atoms with E-state index in [0.717, 1.165) is 57.7 Å². The molecule has 6 rings (SSSR count). The smallest absolute Gasteiger partial charge is 0.337 e. The van der Waals surface area contributed by atoms with E-state index in [2.05, 4.69) is 21.2 Å². The molecule has 1 N–H and O–H groups in total. The molecule has 0 spiro atoms. The highest BCUT2D eigenvalue weighted by Gasteiger charge is 2.26. The number of nitrogens with zero attached hydrogens (tertiary/aromatic N) is 3. The number of rotatable bonds is 5. The van der Waals surface area contributed by atoms with E-state index in [1.54, 1.807) is 12.4 Å². The van der Waals surface area contributed by atoms with Crippen LogP contribution in [0.25, 0.3) is 32.8 Å².